The van der Waals surface area contributed by atoms with E-state index in [9.17, 15) is 19.6 Å². The predicted octanol–water partition coefficient (Wildman–Crippen LogP) is 2.86. The van der Waals surface area contributed by atoms with Crippen molar-refractivity contribution in [3.8, 4) is 6.07 Å². The Morgan fingerprint density at radius 3 is 2.77 bits per heavy atom. The number of nitrogens with zero attached hydrogens (tertiary/aromatic N) is 3. The van der Waals surface area contributed by atoms with Crippen LogP contribution in [-0.2, 0) is 27.2 Å². The number of rotatable bonds is 13. The highest BCUT2D eigenvalue weighted by molar-refractivity contribution is 8.00. The van der Waals surface area contributed by atoms with Crippen LogP contribution in [-0.4, -0.2) is 64.5 Å². The summed E-state index contributed by atoms with van der Waals surface area (Å²) in [5.41, 5.74) is 4.37. The first kappa shape index (κ1) is 30.3. The molecule has 2 aliphatic rings. The van der Waals surface area contributed by atoms with Crippen LogP contribution in [0.1, 0.15) is 48.8 Å². The molecule has 0 radical (unpaired) electrons. The summed E-state index contributed by atoms with van der Waals surface area (Å²) in [6, 6.07) is 13.7. The Hall–Kier alpha value is -4.21. The third-order valence-corrected chi connectivity index (χ3v) is 9.61. The van der Waals surface area contributed by atoms with E-state index in [4.69, 9.17) is 0 Å². The smallest absolute Gasteiger partial charge is 0.243 e. The number of amides is 3. The first-order chi connectivity index (χ1) is 20.9. The van der Waals surface area contributed by atoms with Crippen LogP contribution >= 0.6 is 11.8 Å². The summed E-state index contributed by atoms with van der Waals surface area (Å²) in [5.74, 6) is 0.297. The Bertz CT molecular complexity index is 1530. The van der Waals surface area contributed by atoms with E-state index in [1.165, 1.54) is 11.9 Å². The lowest BCUT2D eigenvalue weighted by Crippen LogP contribution is -2.40. The minimum Gasteiger partial charge on any atom is -0.366 e. The molecule has 3 aromatic rings. The van der Waals surface area contributed by atoms with Crippen molar-refractivity contribution in [1.29, 1.82) is 5.26 Å². The van der Waals surface area contributed by atoms with Gasteiger partial charge in [0.2, 0.25) is 18.2 Å². The topological polar surface area (TPSA) is 161 Å². The number of hydrogen-bond donors (Lipinski definition) is 5. The lowest BCUT2D eigenvalue weighted by molar-refractivity contribution is -0.124. The van der Waals surface area contributed by atoms with Gasteiger partial charge < -0.3 is 26.6 Å². The molecule has 5 rings (SSSR count). The standard InChI is InChI=1S/C31H36N8O3S/c1-33-31-27(37-18-40)14-24(43-31)4-2-3-5-28(41)34-16-29(42)38-22-8-7-20-11-23(13-21(20)12-22)39-30-25-10-19(15-32)6-9-26(25)35-17-36-30/h6-10,12,17-18,23-24,27,31,33H,2-5,11,13-14,16H2,1H3,(H,34,41)(H,37,40)(H,38,42)(H,35,36,39). The molecule has 1 saturated heterocycles. The van der Waals surface area contributed by atoms with Gasteiger partial charge in [-0.05, 0) is 80.6 Å². The SMILES string of the molecule is CNC1SC(CCCCC(=O)NCC(=O)Nc2ccc3c(c2)CC(Nc2ncnc4ccc(C#N)cc24)C3)CC1NC=O. The zero-order valence-corrected chi connectivity index (χ0v) is 24.9. The van der Waals surface area contributed by atoms with Gasteiger partial charge in [-0.2, -0.15) is 5.26 Å². The van der Waals surface area contributed by atoms with Crippen molar-refractivity contribution < 1.29 is 14.4 Å². The monoisotopic (exact) mass is 600 g/mol. The Balaban J connectivity index is 1.03. The van der Waals surface area contributed by atoms with Gasteiger partial charge in [0.15, 0.2) is 0 Å². The summed E-state index contributed by atoms with van der Waals surface area (Å²) < 4.78 is 0. The molecule has 4 atom stereocenters. The minimum atomic E-state index is -0.268. The highest BCUT2D eigenvalue weighted by Crippen LogP contribution is 2.35. The van der Waals surface area contributed by atoms with Crippen LogP contribution in [0.3, 0.4) is 0 Å². The maximum absolute atomic E-state index is 12.5. The van der Waals surface area contributed by atoms with E-state index in [2.05, 4.69) is 42.6 Å². The number of nitriles is 1. The fourth-order valence-corrected chi connectivity index (χ4v) is 7.38. The Morgan fingerprint density at radius 2 is 1.95 bits per heavy atom. The summed E-state index contributed by atoms with van der Waals surface area (Å²) in [4.78, 5) is 44.4. The van der Waals surface area contributed by atoms with E-state index in [1.807, 2.05) is 43.1 Å². The molecule has 2 heterocycles. The maximum Gasteiger partial charge on any atom is 0.243 e. The van der Waals surface area contributed by atoms with Crippen molar-refractivity contribution in [2.45, 2.75) is 67.7 Å². The molecular weight excluding hydrogens is 564 g/mol. The first-order valence-electron chi connectivity index (χ1n) is 14.6. The van der Waals surface area contributed by atoms with Crippen molar-refractivity contribution in [2.75, 3.05) is 24.2 Å². The third-order valence-electron chi connectivity index (χ3n) is 7.94. The maximum atomic E-state index is 12.5. The van der Waals surface area contributed by atoms with Gasteiger partial charge in [-0.3, -0.25) is 14.4 Å². The normalized spacial score (nSPS) is 20.7. The van der Waals surface area contributed by atoms with Crippen molar-refractivity contribution >= 4 is 52.4 Å². The Morgan fingerprint density at radius 1 is 1.09 bits per heavy atom. The number of carbonyl (C=O) groups is 3. The second kappa shape index (κ2) is 14.3. The van der Waals surface area contributed by atoms with Gasteiger partial charge in [0, 0.05) is 28.8 Å². The van der Waals surface area contributed by atoms with Crippen molar-refractivity contribution in [3.63, 3.8) is 0 Å². The molecule has 224 valence electrons. The molecule has 43 heavy (non-hydrogen) atoms. The average molecular weight is 601 g/mol. The fraction of sp³-hybridized carbons (Fsp3) is 0.419. The quantitative estimate of drug-likeness (QED) is 0.147. The fourth-order valence-electron chi connectivity index (χ4n) is 5.83. The number of anilines is 2. The molecule has 5 N–H and O–H groups in total. The molecule has 1 aromatic heterocycles. The highest BCUT2D eigenvalue weighted by Gasteiger charge is 2.33. The number of nitrogens with one attached hydrogen (secondary N) is 5. The van der Waals surface area contributed by atoms with E-state index in [0.29, 0.717) is 28.7 Å². The molecule has 4 unspecified atom stereocenters. The van der Waals surface area contributed by atoms with Crippen molar-refractivity contribution in [2.24, 2.45) is 0 Å². The molecule has 2 aromatic carbocycles. The predicted molar refractivity (Wildman–Crippen MR) is 167 cm³/mol. The van der Waals surface area contributed by atoms with Gasteiger partial charge >= 0.3 is 0 Å². The van der Waals surface area contributed by atoms with Crippen LogP contribution in [0.15, 0.2) is 42.7 Å². The summed E-state index contributed by atoms with van der Waals surface area (Å²) >= 11 is 1.84. The molecule has 1 aliphatic carbocycles. The Labute approximate surface area is 255 Å². The van der Waals surface area contributed by atoms with Crippen molar-refractivity contribution in [3.05, 3.63) is 59.4 Å². The van der Waals surface area contributed by atoms with Gasteiger partial charge in [0.05, 0.1) is 35.1 Å². The van der Waals surface area contributed by atoms with E-state index >= 15 is 0 Å². The van der Waals surface area contributed by atoms with Crippen LogP contribution in [0.5, 0.6) is 0 Å². The van der Waals surface area contributed by atoms with Gasteiger partial charge in [0.1, 0.15) is 12.1 Å². The average Bonchev–Trinajstić information content (AvgIpc) is 3.61. The number of likely N-dealkylation sites (N-methyl/N-ethyl adjacent to an activating group) is 1. The number of benzene rings is 2. The molecule has 1 fully saturated rings. The molecule has 1 aliphatic heterocycles. The van der Waals surface area contributed by atoms with Gasteiger partial charge in [0.25, 0.3) is 0 Å². The molecule has 3 amide bonds. The van der Waals surface area contributed by atoms with Gasteiger partial charge in [-0.15, -0.1) is 11.8 Å². The number of thioether (sulfide) groups is 1. The lowest BCUT2D eigenvalue weighted by atomic mass is 10.1. The number of unbranched alkanes of at least 4 members (excludes halogenated alkanes) is 1. The van der Waals surface area contributed by atoms with Gasteiger partial charge in [-0.1, -0.05) is 12.5 Å². The highest BCUT2D eigenvalue weighted by atomic mass is 32.2. The molecular formula is C31H36N8O3S. The number of hydrogen-bond acceptors (Lipinski definition) is 9. The third kappa shape index (κ3) is 7.80. The summed E-state index contributed by atoms with van der Waals surface area (Å²) in [5, 5.41) is 26.0. The molecule has 0 saturated carbocycles. The minimum absolute atomic E-state index is 0.0764. The second-order valence-corrected chi connectivity index (χ2v) is 12.4. The van der Waals surface area contributed by atoms with E-state index in [0.717, 1.165) is 61.4 Å². The zero-order valence-electron chi connectivity index (χ0n) is 24.1. The molecule has 0 spiro atoms. The summed E-state index contributed by atoms with van der Waals surface area (Å²) in [6.45, 7) is -0.0764. The van der Waals surface area contributed by atoms with Crippen LogP contribution in [0.25, 0.3) is 10.9 Å². The van der Waals surface area contributed by atoms with E-state index < -0.39 is 0 Å². The summed E-state index contributed by atoms with van der Waals surface area (Å²) in [7, 11) is 1.90. The zero-order chi connectivity index (χ0) is 30.2. The molecule has 12 heteroatoms. The van der Waals surface area contributed by atoms with Gasteiger partial charge in [-0.25, -0.2) is 9.97 Å². The van der Waals surface area contributed by atoms with Crippen LogP contribution in [0, 0.1) is 11.3 Å². The Kier molecular flexibility index (Phi) is 10.1. The second-order valence-electron chi connectivity index (χ2n) is 11.0. The van der Waals surface area contributed by atoms with Crippen LogP contribution < -0.4 is 26.6 Å². The van der Waals surface area contributed by atoms with E-state index in [-0.39, 0.29) is 35.8 Å². The molecule has 11 nitrogen and oxygen atoms in total. The van der Waals surface area contributed by atoms with Crippen LogP contribution in [0.2, 0.25) is 0 Å². The number of fused-ring (bicyclic) bond motifs is 2. The van der Waals surface area contributed by atoms with E-state index in [1.54, 1.807) is 12.1 Å². The molecule has 0 bridgehead atoms. The number of aromatic nitrogens is 2. The summed E-state index contributed by atoms with van der Waals surface area (Å²) in [6.07, 6.45) is 7.81. The largest absolute Gasteiger partial charge is 0.366 e. The van der Waals surface area contributed by atoms with Crippen LogP contribution in [0.4, 0.5) is 11.5 Å². The first-order valence-corrected chi connectivity index (χ1v) is 15.5. The number of carbonyl (C=O) groups excluding carboxylic acids is 3. The lowest BCUT2D eigenvalue weighted by Gasteiger charge is -2.16. The van der Waals surface area contributed by atoms with Crippen molar-refractivity contribution in [1.82, 2.24) is 25.9 Å².